The first-order valence-corrected chi connectivity index (χ1v) is 10.4. The van der Waals surface area contributed by atoms with Crippen LogP contribution in [-0.4, -0.2) is 4.32 Å². The molecule has 0 fully saturated rings. The monoisotopic (exact) mass is 425 g/mol. The average Bonchev–Trinajstić information content (AvgIpc) is 2.49. The zero-order chi connectivity index (χ0) is 18.2. The molecule has 0 saturated carbocycles. The topological polar surface area (TPSA) is 26.0 Å². The molecule has 0 aliphatic carbocycles. The molecule has 1 nitrogen and oxygen atoms in total. The molecule has 0 unspecified atom stereocenters. The summed E-state index contributed by atoms with van der Waals surface area (Å²) >= 11 is 7.65. The van der Waals surface area contributed by atoms with E-state index in [0.29, 0.717) is 0 Å². The third-order valence-corrected chi connectivity index (χ3v) is 3.35. The largest absolute Gasteiger partial charge is 2.00 e. The third-order valence-electron chi connectivity index (χ3n) is 3.35. The van der Waals surface area contributed by atoms with Crippen molar-refractivity contribution in [2.24, 2.45) is 5.73 Å². The van der Waals surface area contributed by atoms with Crippen molar-refractivity contribution < 1.29 is 19.5 Å². The van der Waals surface area contributed by atoms with Crippen LogP contribution in [0.3, 0.4) is 0 Å². The Balaban J connectivity index is -0.000000212. The number of rotatable bonds is 13. The zero-order valence-corrected chi connectivity index (χ0v) is 21.5. The number of unbranched alkanes of at least 4 members (excludes halogenated alkanes) is 13. The molecule has 0 radical (unpaired) electrons. The van der Waals surface area contributed by atoms with Crippen LogP contribution in [-0.2, 0) is 19.5 Å². The molecule has 2 N–H and O–H groups in total. The van der Waals surface area contributed by atoms with Gasteiger partial charge >= 0.3 is 19.5 Å². The normalized spacial score (nSPS) is 9.04. The van der Waals surface area contributed by atoms with Crippen LogP contribution in [0.5, 0.6) is 0 Å². The van der Waals surface area contributed by atoms with Crippen LogP contribution >= 0.6 is 24.8 Å². The standard InChI is InChI=1S/C16H33.C3H7.CH3NS2.Zn/c1-3-5-7-9-11-13-15-16-14-12-10-8-6-4-2;1-3-2;2-1(3)4;/h1,3-16H2,2H3;3H,1-2H3;(H3,2,3,4);/q2*-1;;+2. The maximum atomic E-state index is 4.71. The van der Waals surface area contributed by atoms with Gasteiger partial charge in [0.2, 0.25) is 0 Å². The van der Waals surface area contributed by atoms with Gasteiger partial charge in [0.25, 0.3) is 0 Å². The predicted molar refractivity (Wildman–Crippen MR) is 117 cm³/mol. The Bertz CT molecular complexity index is 184. The Labute approximate surface area is 177 Å². The predicted octanol–water partition coefficient (Wildman–Crippen LogP) is 7.69. The van der Waals surface area contributed by atoms with Crippen LogP contribution in [0.1, 0.15) is 111 Å². The van der Waals surface area contributed by atoms with Crippen molar-refractivity contribution in [1.82, 2.24) is 0 Å². The molecule has 0 rings (SSSR count). The fraction of sp³-hybridized carbons (Fsp3) is 0.850. The fourth-order valence-corrected chi connectivity index (χ4v) is 2.19. The van der Waals surface area contributed by atoms with Crippen LogP contribution in [0, 0.1) is 13.3 Å². The molecule has 0 amide bonds. The van der Waals surface area contributed by atoms with Crippen LogP contribution in [0.2, 0.25) is 0 Å². The number of hydrogen-bond donors (Lipinski definition) is 2. The average molecular weight is 427 g/mol. The van der Waals surface area contributed by atoms with Gasteiger partial charge in [0.15, 0.2) is 0 Å². The second-order valence-corrected chi connectivity index (χ2v) is 7.24. The molecule has 142 valence electrons. The maximum Gasteiger partial charge on any atom is 2.00 e. The molecule has 0 spiro atoms. The van der Waals surface area contributed by atoms with Gasteiger partial charge < -0.3 is 19.1 Å². The summed E-state index contributed by atoms with van der Waals surface area (Å²) in [6.07, 6.45) is 21.8. The number of nitrogens with two attached hydrogens (primary N) is 1. The third kappa shape index (κ3) is 56.9. The van der Waals surface area contributed by atoms with Crippen molar-refractivity contribution in [2.75, 3.05) is 0 Å². The van der Waals surface area contributed by atoms with Gasteiger partial charge in [0, 0.05) is 0 Å². The van der Waals surface area contributed by atoms with Gasteiger partial charge in [-0.25, -0.2) is 0 Å². The molecule has 0 bridgehead atoms. The maximum absolute atomic E-state index is 4.71. The van der Waals surface area contributed by atoms with Gasteiger partial charge in [-0.2, -0.15) is 20.3 Å². The molecule has 0 saturated heterocycles. The van der Waals surface area contributed by atoms with E-state index in [1.54, 1.807) is 0 Å². The Morgan fingerprint density at radius 1 is 0.833 bits per heavy atom. The van der Waals surface area contributed by atoms with E-state index in [9.17, 15) is 0 Å². The minimum absolute atomic E-state index is 0. The van der Waals surface area contributed by atoms with Gasteiger partial charge in [0.1, 0.15) is 4.32 Å². The second kappa shape index (κ2) is 35.1. The van der Waals surface area contributed by atoms with E-state index >= 15 is 0 Å². The molecule has 0 aliphatic rings. The Kier molecular flexibility index (Phi) is 47.5. The Morgan fingerprint density at radius 3 is 1.25 bits per heavy atom. The Morgan fingerprint density at radius 2 is 1.04 bits per heavy atom. The van der Waals surface area contributed by atoms with Crippen molar-refractivity contribution in [3.05, 3.63) is 13.3 Å². The van der Waals surface area contributed by atoms with Crippen LogP contribution < -0.4 is 5.73 Å². The van der Waals surface area contributed by atoms with Gasteiger partial charge in [-0.1, -0.05) is 103 Å². The molecule has 0 heterocycles. The van der Waals surface area contributed by atoms with E-state index in [4.69, 9.17) is 5.73 Å². The quantitative estimate of drug-likeness (QED) is 0.104. The van der Waals surface area contributed by atoms with Crippen molar-refractivity contribution in [3.8, 4) is 0 Å². The molecule has 0 atom stereocenters. The summed E-state index contributed by atoms with van der Waals surface area (Å²) < 4.78 is 0.194. The summed E-state index contributed by atoms with van der Waals surface area (Å²) in [6.45, 7) is 10.2. The molecular formula is C20H43NS2Zn. The second-order valence-electron chi connectivity index (χ2n) is 6.01. The van der Waals surface area contributed by atoms with Crippen molar-refractivity contribution in [1.29, 1.82) is 0 Å². The minimum atomic E-state index is 0. The molecule has 0 aromatic heterocycles. The van der Waals surface area contributed by atoms with Crippen LogP contribution in [0.15, 0.2) is 0 Å². The van der Waals surface area contributed by atoms with Gasteiger partial charge in [-0.15, -0.1) is 12.6 Å². The summed E-state index contributed by atoms with van der Waals surface area (Å²) in [5.74, 6) is 0. The van der Waals surface area contributed by atoms with Gasteiger partial charge in [-0.05, 0) is 0 Å². The van der Waals surface area contributed by atoms with Gasteiger partial charge in [-0.3, -0.25) is 0 Å². The van der Waals surface area contributed by atoms with Crippen LogP contribution in [0.25, 0.3) is 0 Å². The van der Waals surface area contributed by atoms with Crippen LogP contribution in [0.4, 0.5) is 0 Å². The summed E-state index contributed by atoms with van der Waals surface area (Å²) in [7, 11) is 0. The summed E-state index contributed by atoms with van der Waals surface area (Å²) in [4.78, 5) is 0. The number of thiol groups is 1. The number of hydrogen-bond acceptors (Lipinski definition) is 1. The smallest absolute Gasteiger partial charge is 0.385 e. The summed E-state index contributed by atoms with van der Waals surface area (Å²) in [5, 5.41) is 0. The first kappa shape index (κ1) is 32.5. The summed E-state index contributed by atoms with van der Waals surface area (Å²) in [6, 6.07) is 0. The first-order chi connectivity index (χ1) is 11.1. The summed E-state index contributed by atoms with van der Waals surface area (Å²) in [5.41, 5.74) is 4.71. The molecular weight excluding hydrogens is 384 g/mol. The molecule has 0 aromatic rings. The van der Waals surface area contributed by atoms with E-state index in [-0.39, 0.29) is 23.8 Å². The Hall–Kier alpha value is 0.863. The first-order valence-electron chi connectivity index (χ1n) is 9.58. The number of thiocarbonyl (C=S) groups is 1. The van der Waals surface area contributed by atoms with Crippen molar-refractivity contribution >= 4 is 29.2 Å². The molecule has 0 aromatic carbocycles. The van der Waals surface area contributed by atoms with Crippen molar-refractivity contribution in [2.45, 2.75) is 111 Å². The van der Waals surface area contributed by atoms with E-state index in [1.807, 2.05) is 20.3 Å². The van der Waals surface area contributed by atoms with Crippen molar-refractivity contribution in [3.63, 3.8) is 0 Å². The molecule has 0 aliphatic heterocycles. The van der Waals surface area contributed by atoms with E-state index in [1.165, 1.54) is 83.5 Å². The van der Waals surface area contributed by atoms with E-state index in [2.05, 4.69) is 38.7 Å². The van der Waals surface area contributed by atoms with Gasteiger partial charge in [0.05, 0.1) is 0 Å². The van der Waals surface area contributed by atoms with E-state index < -0.39 is 0 Å². The SMILES string of the molecule is C[CH-]C.NC(=S)S.[CH2-]CCCCCCCCCCCCCCC.[Zn+2]. The minimum Gasteiger partial charge on any atom is -0.385 e. The molecule has 4 heteroatoms. The molecule has 24 heavy (non-hydrogen) atoms. The fourth-order valence-electron chi connectivity index (χ4n) is 2.19. The zero-order valence-electron chi connectivity index (χ0n) is 16.8. The van der Waals surface area contributed by atoms with E-state index in [0.717, 1.165) is 6.42 Å².